The van der Waals surface area contributed by atoms with Gasteiger partial charge < -0.3 is 4.74 Å². The molecule has 0 bridgehead atoms. The fourth-order valence-corrected chi connectivity index (χ4v) is 2.30. The van der Waals surface area contributed by atoms with Gasteiger partial charge in [-0.2, -0.15) is 8.78 Å². The van der Waals surface area contributed by atoms with Gasteiger partial charge in [-0.25, -0.2) is 0 Å². The van der Waals surface area contributed by atoms with Crippen LogP contribution in [0.2, 0.25) is 0 Å². The van der Waals surface area contributed by atoms with E-state index in [1.807, 2.05) is 0 Å². The van der Waals surface area contributed by atoms with Gasteiger partial charge in [0, 0.05) is 5.69 Å². The van der Waals surface area contributed by atoms with E-state index in [1.165, 1.54) is 13.2 Å². The third-order valence-corrected chi connectivity index (χ3v) is 3.47. The fraction of sp³-hybridized carbons (Fsp3) is 0.118. The van der Waals surface area contributed by atoms with Crippen molar-refractivity contribution >= 4 is 17.7 Å². The molecule has 0 radical (unpaired) electrons. The number of β-lactam (4-membered cyclic amide) rings is 1. The molecule has 2 aromatic rings. The van der Waals surface area contributed by atoms with Gasteiger partial charge in [0.2, 0.25) is 0 Å². The number of anilines is 1. The van der Waals surface area contributed by atoms with Gasteiger partial charge >= 0.3 is 11.8 Å². The average Bonchev–Trinajstić information content (AvgIpc) is 2.56. The number of rotatable bonds is 3. The molecule has 1 amide bonds. The molecule has 0 aliphatic carbocycles. The number of halogens is 2. The molecule has 112 valence electrons. The highest BCUT2D eigenvalue weighted by Gasteiger charge is 2.60. The number of ether oxygens (including phenoxy) is 1. The van der Waals surface area contributed by atoms with Crippen molar-refractivity contribution in [1.82, 2.24) is 0 Å². The minimum atomic E-state index is -3.46. The van der Waals surface area contributed by atoms with Crippen LogP contribution in [-0.2, 0) is 4.79 Å². The lowest BCUT2D eigenvalue weighted by atomic mass is 9.99. The topological polar surface area (TPSA) is 29.5 Å². The number of hydrogen-bond acceptors (Lipinski definition) is 2. The first kappa shape index (κ1) is 14.3. The van der Waals surface area contributed by atoms with Crippen LogP contribution in [0.1, 0.15) is 5.56 Å². The van der Waals surface area contributed by atoms with Crippen molar-refractivity contribution in [2.45, 2.75) is 5.92 Å². The molecule has 0 spiro atoms. The summed E-state index contributed by atoms with van der Waals surface area (Å²) in [6.07, 6.45) is 1.33. The van der Waals surface area contributed by atoms with E-state index in [0.717, 1.165) is 4.90 Å². The molecule has 3 rings (SSSR count). The third-order valence-electron chi connectivity index (χ3n) is 3.47. The van der Waals surface area contributed by atoms with Crippen molar-refractivity contribution in [2.75, 3.05) is 12.0 Å². The second kappa shape index (κ2) is 5.26. The van der Waals surface area contributed by atoms with Crippen LogP contribution in [0.15, 0.2) is 60.3 Å². The van der Waals surface area contributed by atoms with Crippen molar-refractivity contribution in [3.63, 3.8) is 0 Å². The molecule has 1 heterocycles. The minimum absolute atomic E-state index is 0.325. The predicted octanol–water partition coefficient (Wildman–Crippen LogP) is 3.72. The normalized spacial score (nSPS) is 18.2. The largest absolute Gasteiger partial charge is 0.497 e. The number of nitrogens with zero attached hydrogens (tertiary/aromatic N) is 1. The Balaban J connectivity index is 1.98. The lowest BCUT2D eigenvalue weighted by molar-refractivity contribution is -0.145. The first-order valence-corrected chi connectivity index (χ1v) is 6.67. The smallest absolute Gasteiger partial charge is 0.365 e. The van der Waals surface area contributed by atoms with Gasteiger partial charge in [-0.1, -0.05) is 30.3 Å². The number of carbonyl (C=O) groups is 1. The molecule has 1 fully saturated rings. The zero-order valence-electron chi connectivity index (χ0n) is 11.8. The molecular weight excluding hydrogens is 288 g/mol. The standard InChI is InChI=1S/C17H13F2NO2/c1-22-14-9-7-13(8-10-14)20-15(17(18,19)16(20)21)11-12-5-3-2-4-6-12/h2-11H,1H3/b15-11-. The van der Waals surface area contributed by atoms with Crippen molar-refractivity contribution in [1.29, 1.82) is 0 Å². The highest BCUT2D eigenvalue weighted by atomic mass is 19.3. The maximum Gasteiger partial charge on any atom is 0.365 e. The van der Waals surface area contributed by atoms with Crippen molar-refractivity contribution < 1.29 is 18.3 Å². The van der Waals surface area contributed by atoms with E-state index in [1.54, 1.807) is 54.6 Å². The Morgan fingerprint density at radius 1 is 1.05 bits per heavy atom. The average molecular weight is 301 g/mol. The van der Waals surface area contributed by atoms with E-state index in [9.17, 15) is 13.6 Å². The maximum absolute atomic E-state index is 13.9. The van der Waals surface area contributed by atoms with E-state index >= 15 is 0 Å². The highest BCUT2D eigenvalue weighted by Crippen LogP contribution is 2.44. The van der Waals surface area contributed by atoms with Gasteiger partial charge in [0.15, 0.2) is 0 Å². The van der Waals surface area contributed by atoms with Crippen LogP contribution in [0.5, 0.6) is 5.75 Å². The van der Waals surface area contributed by atoms with Crippen LogP contribution in [-0.4, -0.2) is 18.9 Å². The number of carbonyl (C=O) groups excluding carboxylic acids is 1. The maximum atomic E-state index is 13.9. The quantitative estimate of drug-likeness (QED) is 0.809. The Kier molecular flexibility index (Phi) is 3.41. The van der Waals surface area contributed by atoms with Gasteiger partial charge in [0.1, 0.15) is 11.4 Å². The molecule has 5 heteroatoms. The second-order valence-electron chi connectivity index (χ2n) is 4.85. The van der Waals surface area contributed by atoms with Crippen LogP contribution in [0.3, 0.4) is 0 Å². The van der Waals surface area contributed by atoms with Crippen molar-refractivity contribution in [3.05, 3.63) is 65.9 Å². The summed E-state index contributed by atoms with van der Waals surface area (Å²) in [5.74, 6) is -4.09. The molecule has 1 aliphatic rings. The predicted molar refractivity (Wildman–Crippen MR) is 79.8 cm³/mol. The SMILES string of the molecule is COc1ccc(N2C(=O)C(F)(F)/C2=C/c2ccccc2)cc1. The number of hydrogen-bond donors (Lipinski definition) is 0. The van der Waals surface area contributed by atoms with Gasteiger partial charge in [-0.3, -0.25) is 9.69 Å². The van der Waals surface area contributed by atoms with Crippen molar-refractivity contribution in [2.24, 2.45) is 0 Å². The monoisotopic (exact) mass is 301 g/mol. The third kappa shape index (κ3) is 2.24. The molecular formula is C17H13F2NO2. The minimum Gasteiger partial charge on any atom is -0.497 e. The molecule has 22 heavy (non-hydrogen) atoms. The van der Waals surface area contributed by atoms with Crippen LogP contribution in [0.25, 0.3) is 6.08 Å². The summed E-state index contributed by atoms with van der Waals surface area (Å²) < 4.78 is 32.8. The second-order valence-corrected chi connectivity index (χ2v) is 4.85. The Labute approximate surface area is 126 Å². The van der Waals surface area contributed by atoms with Crippen LogP contribution in [0, 0.1) is 0 Å². The zero-order chi connectivity index (χ0) is 15.7. The van der Waals surface area contributed by atoms with E-state index in [0.29, 0.717) is 17.0 Å². The van der Waals surface area contributed by atoms with E-state index in [4.69, 9.17) is 4.74 Å². The van der Waals surface area contributed by atoms with E-state index < -0.39 is 11.8 Å². The van der Waals surface area contributed by atoms with Gasteiger partial charge in [0.25, 0.3) is 0 Å². The van der Waals surface area contributed by atoms with E-state index in [-0.39, 0.29) is 5.70 Å². The summed E-state index contributed by atoms with van der Waals surface area (Å²) in [6, 6.07) is 15.1. The number of alkyl halides is 2. The van der Waals surface area contributed by atoms with Crippen LogP contribution < -0.4 is 9.64 Å². The summed E-state index contributed by atoms with van der Waals surface area (Å²) in [5.41, 5.74) is 0.677. The summed E-state index contributed by atoms with van der Waals surface area (Å²) in [4.78, 5) is 12.8. The number of methoxy groups -OCH3 is 1. The molecule has 2 aromatic carbocycles. The summed E-state index contributed by atoms with van der Waals surface area (Å²) in [6.45, 7) is 0. The molecule has 0 atom stereocenters. The molecule has 0 unspecified atom stereocenters. The molecule has 0 aromatic heterocycles. The fourth-order valence-electron chi connectivity index (χ4n) is 2.30. The van der Waals surface area contributed by atoms with Gasteiger partial charge in [-0.15, -0.1) is 0 Å². The van der Waals surface area contributed by atoms with E-state index in [2.05, 4.69) is 0 Å². The molecule has 0 N–H and O–H groups in total. The number of benzene rings is 2. The lowest BCUT2D eigenvalue weighted by Crippen LogP contribution is -2.59. The first-order valence-electron chi connectivity index (χ1n) is 6.67. The molecule has 1 saturated heterocycles. The summed E-state index contributed by atoms with van der Waals surface area (Å²) in [5, 5.41) is 0. The van der Waals surface area contributed by atoms with Gasteiger partial charge in [0.05, 0.1) is 7.11 Å². The Bertz CT molecular complexity index is 724. The molecule has 3 nitrogen and oxygen atoms in total. The summed E-state index contributed by atoms with van der Waals surface area (Å²) >= 11 is 0. The Morgan fingerprint density at radius 2 is 1.68 bits per heavy atom. The van der Waals surface area contributed by atoms with Gasteiger partial charge in [-0.05, 0) is 35.9 Å². The molecule has 1 aliphatic heterocycles. The number of amides is 1. The van der Waals surface area contributed by atoms with Crippen LogP contribution in [0.4, 0.5) is 14.5 Å². The lowest BCUT2D eigenvalue weighted by Gasteiger charge is -2.40. The Hall–Kier alpha value is -2.69. The summed E-state index contributed by atoms with van der Waals surface area (Å²) in [7, 11) is 1.51. The van der Waals surface area contributed by atoms with Crippen LogP contribution >= 0.6 is 0 Å². The molecule has 0 saturated carbocycles. The van der Waals surface area contributed by atoms with Crippen molar-refractivity contribution in [3.8, 4) is 5.75 Å². The first-order chi connectivity index (χ1) is 10.5. The highest BCUT2D eigenvalue weighted by molar-refractivity contribution is 6.13. The zero-order valence-corrected chi connectivity index (χ0v) is 11.8. The Morgan fingerprint density at radius 3 is 2.27 bits per heavy atom.